The first-order chi connectivity index (χ1) is 11.7. The van der Waals surface area contributed by atoms with Crippen molar-refractivity contribution in [1.82, 2.24) is 16.0 Å². The van der Waals surface area contributed by atoms with E-state index in [1.165, 1.54) is 16.7 Å². The molecule has 140 valence electrons. The zero-order valence-electron chi connectivity index (χ0n) is 16.6. The quantitative estimate of drug-likeness (QED) is 0.404. The zero-order chi connectivity index (χ0) is 18.9. The molecule has 0 fully saturated rings. The lowest BCUT2D eigenvalue weighted by Gasteiger charge is -2.18. The Labute approximate surface area is 152 Å². The maximum atomic E-state index is 11.8. The molecule has 0 radical (unpaired) electrons. The highest BCUT2D eigenvalue weighted by atomic mass is 16.2. The summed E-state index contributed by atoms with van der Waals surface area (Å²) < 4.78 is 0. The van der Waals surface area contributed by atoms with Crippen molar-refractivity contribution in [2.75, 3.05) is 26.2 Å². The van der Waals surface area contributed by atoms with Crippen LogP contribution in [0.3, 0.4) is 0 Å². The van der Waals surface area contributed by atoms with E-state index in [4.69, 9.17) is 0 Å². The smallest absolute Gasteiger partial charge is 0.225 e. The lowest BCUT2D eigenvalue weighted by molar-refractivity contribution is -0.128. The summed E-state index contributed by atoms with van der Waals surface area (Å²) in [5.74, 6) is 0.850. The van der Waals surface area contributed by atoms with Crippen molar-refractivity contribution < 1.29 is 4.79 Å². The summed E-state index contributed by atoms with van der Waals surface area (Å²) in [6.07, 6.45) is 0.917. The first-order valence-electron chi connectivity index (χ1n) is 9.10. The first-order valence-corrected chi connectivity index (χ1v) is 9.10. The fraction of sp³-hybridized carbons (Fsp3) is 0.600. The Kier molecular flexibility index (Phi) is 8.46. The summed E-state index contributed by atoms with van der Waals surface area (Å²) in [4.78, 5) is 16.4. The van der Waals surface area contributed by atoms with Crippen LogP contribution in [0.4, 0.5) is 0 Å². The molecule has 5 heteroatoms. The van der Waals surface area contributed by atoms with Crippen LogP contribution in [0.1, 0.15) is 44.4 Å². The number of carbonyl (C=O) groups is 1. The van der Waals surface area contributed by atoms with Crippen LogP contribution in [0, 0.1) is 19.3 Å². The van der Waals surface area contributed by atoms with Crippen molar-refractivity contribution in [3.05, 3.63) is 34.9 Å². The lowest BCUT2D eigenvalue weighted by atomic mass is 9.96. The van der Waals surface area contributed by atoms with Crippen LogP contribution in [0.15, 0.2) is 23.2 Å². The summed E-state index contributed by atoms with van der Waals surface area (Å²) in [7, 11) is 0. The van der Waals surface area contributed by atoms with Gasteiger partial charge in [0, 0.05) is 31.6 Å². The Bertz CT molecular complexity index is 568. The topological polar surface area (TPSA) is 65.5 Å². The number of aryl methyl sites for hydroxylation is 2. The van der Waals surface area contributed by atoms with Gasteiger partial charge in [-0.05, 0) is 32.8 Å². The highest BCUT2D eigenvalue weighted by Gasteiger charge is 2.20. The van der Waals surface area contributed by atoms with Crippen LogP contribution in [-0.2, 0) is 11.2 Å². The summed E-state index contributed by atoms with van der Waals surface area (Å²) in [6.45, 7) is 14.8. The van der Waals surface area contributed by atoms with E-state index in [2.05, 4.69) is 53.0 Å². The van der Waals surface area contributed by atoms with Gasteiger partial charge in [0.15, 0.2) is 5.96 Å². The van der Waals surface area contributed by atoms with Gasteiger partial charge in [-0.25, -0.2) is 0 Å². The third-order valence-electron chi connectivity index (χ3n) is 3.68. The van der Waals surface area contributed by atoms with E-state index in [0.717, 1.165) is 25.5 Å². The van der Waals surface area contributed by atoms with Gasteiger partial charge in [-0.1, -0.05) is 50.1 Å². The molecule has 0 aliphatic carbocycles. The Balaban J connectivity index is 2.44. The molecule has 0 aliphatic heterocycles. The van der Waals surface area contributed by atoms with Crippen LogP contribution >= 0.6 is 0 Å². The normalized spacial score (nSPS) is 12.0. The van der Waals surface area contributed by atoms with E-state index in [9.17, 15) is 4.79 Å². The van der Waals surface area contributed by atoms with Crippen LogP contribution in [0.2, 0.25) is 0 Å². The Morgan fingerprint density at radius 2 is 1.60 bits per heavy atom. The predicted octanol–water partition coefficient (Wildman–Crippen LogP) is 2.56. The average molecular weight is 347 g/mol. The first kappa shape index (κ1) is 21.0. The number of rotatable bonds is 7. The number of hydrogen-bond donors (Lipinski definition) is 3. The molecule has 1 rings (SSSR count). The second-order valence-electron chi connectivity index (χ2n) is 7.44. The van der Waals surface area contributed by atoms with E-state index in [0.29, 0.717) is 13.1 Å². The third-order valence-corrected chi connectivity index (χ3v) is 3.68. The number of nitrogens with one attached hydrogen (secondary N) is 3. The molecule has 0 saturated carbocycles. The van der Waals surface area contributed by atoms with Gasteiger partial charge in [0.05, 0.1) is 0 Å². The minimum absolute atomic E-state index is 0.0612. The van der Waals surface area contributed by atoms with Crippen molar-refractivity contribution in [2.45, 2.75) is 48.0 Å². The Morgan fingerprint density at radius 3 is 2.16 bits per heavy atom. The standard InChI is InChI=1S/C20H34N4O/c1-7-21-19(24-11-10-22-18(25)20(4,5)6)23-9-8-17-13-15(2)12-16(3)14-17/h12-14H,7-11H2,1-6H3,(H,22,25)(H2,21,23,24). The Morgan fingerprint density at radius 1 is 1.00 bits per heavy atom. The fourth-order valence-corrected chi connectivity index (χ4v) is 2.47. The fourth-order valence-electron chi connectivity index (χ4n) is 2.47. The van der Waals surface area contributed by atoms with Crippen molar-refractivity contribution in [1.29, 1.82) is 0 Å². The summed E-state index contributed by atoms with van der Waals surface area (Å²) >= 11 is 0. The molecule has 0 aliphatic rings. The van der Waals surface area contributed by atoms with E-state index < -0.39 is 0 Å². The molecule has 0 spiro atoms. The van der Waals surface area contributed by atoms with E-state index in [-0.39, 0.29) is 11.3 Å². The molecular formula is C20H34N4O. The lowest BCUT2D eigenvalue weighted by Crippen LogP contribution is -2.43. The third kappa shape index (κ3) is 8.57. The summed E-state index contributed by atoms with van der Waals surface area (Å²) in [6, 6.07) is 6.61. The Hall–Kier alpha value is -2.04. The van der Waals surface area contributed by atoms with Crippen molar-refractivity contribution >= 4 is 11.9 Å². The van der Waals surface area contributed by atoms with Crippen molar-refractivity contribution in [3.8, 4) is 0 Å². The molecule has 1 aromatic rings. The van der Waals surface area contributed by atoms with Gasteiger partial charge >= 0.3 is 0 Å². The second-order valence-corrected chi connectivity index (χ2v) is 7.44. The molecule has 0 atom stereocenters. The van der Waals surface area contributed by atoms with Gasteiger partial charge in [-0.15, -0.1) is 0 Å². The summed E-state index contributed by atoms with van der Waals surface area (Å²) in [5.41, 5.74) is 3.54. The van der Waals surface area contributed by atoms with Crippen LogP contribution in [-0.4, -0.2) is 38.0 Å². The minimum atomic E-state index is -0.357. The van der Waals surface area contributed by atoms with Gasteiger partial charge in [-0.3, -0.25) is 9.79 Å². The molecular weight excluding hydrogens is 312 g/mol. The molecule has 25 heavy (non-hydrogen) atoms. The maximum Gasteiger partial charge on any atom is 0.225 e. The van der Waals surface area contributed by atoms with E-state index in [1.54, 1.807) is 0 Å². The molecule has 0 bridgehead atoms. The molecule has 0 heterocycles. The molecule has 5 nitrogen and oxygen atoms in total. The largest absolute Gasteiger partial charge is 0.357 e. The molecule has 0 aromatic heterocycles. The highest BCUT2D eigenvalue weighted by molar-refractivity contribution is 5.81. The molecule has 1 amide bonds. The number of nitrogens with zero attached hydrogens (tertiary/aromatic N) is 1. The average Bonchev–Trinajstić information content (AvgIpc) is 2.49. The number of hydrogen-bond acceptors (Lipinski definition) is 2. The van der Waals surface area contributed by atoms with Gasteiger partial charge < -0.3 is 16.0 Å². The van der Waals surface area contributed by atoms with Crippen molar-refractivity contribution in [3.63, 3.8) is 0 Å². The van der Waals surface area contributed by atoms with Gasteiger partial charge in [0.2, 0.25) is 5.91 Å². The van der Waals surface area contributed by atoms with Crippen LogP contribution < -0.4 is 16.0 Å². The monoisotopic (exact) mass is 346 g/mol. The number of guanidine groups is 1. The molecule has 0 saturated heterocycles. The number of amides is 1. The van der Waals surface area contributed by atoms with Crippen molar-refractivity contribution in [2.24, 2.45) is 10.4 Å². The molecule has 0 unspecified atom stereocenters. The zero-order valence-corrected chi connectivity index (χ0v) is 16.6. The highest BCUT2D eigenvalue weighted by Crippen LogP contribution is 2.12. The van der Waals surface area contributed by atoms with Gasteiger partial charge in [-0.2, -0.15) is 0 Å². The van der Waals surface area contributed by atoms with Crippen LogP contribution in [0.25, 0.3) is 0 Å². The molecule has 1 aromatic carbocycles. The minimum Gasteiger partial charge on any atom is -0.357 e. The van der Waals surface area contributed by atoms with Gasteiger partial charge in [0.1, 0.15) is 0 Å². The van der Waals surface area contributed by atoms with E-state index >= 15 is 0 Å². The number of carbonyl (C=O) groups excluding carboxylic acids is 1. The number of benzene rings is 1. The molecule has 3 N–H and O–H groups in total. The predicted molar refractivity (Wildman–Crippen MR) is 106 cm³/mol. The second kappa shape index (κ2) is 10.1. The number of aliphatic imine (C=N–C) groups is 1. The summed E-state index contributed by atoms with van der Waals surface area (Å²) in [5, 5.41) is 9.43. The SMILES string of the molecule is CCNC(=NCCc1cc(C)cc(C)c1)NCCNC(=O)C(C)(C)C. The van der Waals surface area contributed by atoms with E-state index in [1.807, 2.05) is 27.7 Å². The maximum absolute atomic E-state index is 11.8. The van der Waals surface area contributed by atoms with Crippen LogP contribution in [0.5, 0.6) is 0 Å². The van der Waals surface area contributed by atoms with Gasteiger partial charge in [0.25, 0.3) is 0 Å².